The Morgan fingerprint density at radius 3 is 2.66 bits per heavy atom. The highest BCUT2D eigenvalue weighted by Crippen LogP contribution is 2.32. The predicted molar refractivity (Wildman–Crippen MR) is 118 cm³/mol. The summed E-state index contributed by atoms with van der Waals surface area (Å²) in [4.78, 5) is 25.1. The van der Waals surface area contributed by atoms with E-state index in [-0.39, 0.29) is 24.3 Å². The van der Waals surface area contributed by atoms with Gasteiger partial charge < -0.3 is 24.6 Å². The van der Waals surface area contributed by atoms with Gasteiger partial charge in [0.2, 0.25) is 12.7 Å². The molecule has 2 aliphatic rings. The van der Waals surface area contributed by atoms with Gasteiger partial charge in [-0.2, -0.15) is 0 Å². The smallest absolute Gasteiger partial charge is 0.335 e. The first-order chi connectivity index (χ1) is 15.5. The average Bonchev–Trinajstić information content (AvgIpc) is 3.39. The Morgan fingerprint density at radius 1 is 1.12 bits per heavy atom. The van der Waals surface area contributed by atoms with Crippen LogP contribution in [0.25, 0.3) is 0 Å². The number of carbonyl (C=O) groups is 2. The molecule has 7 nitrogen and oxygen atoms in total. The molecule has 2 aromatic carbocycles. The van der Waals surface area contributed by atoms with E-state index in [2.05, 4.69) is 0 Å². The van der Waals surface area contributed by atoms with Crippen molar-refractivity contribution in [1.82, 2.24) is 4.90 Å². The van der Waals surface area contributed by atoms with Crippen LogP contribution in [-0.2, 0) is 17.6 Å². The average molecular weight is 437 g/mol. The van der Waals surface area contributed by atoms with E-state index >= 15 is 0 Å². The third-order valence-electron chi connectivity index (χ3n) is 5.88. The zero-order chi connectivity index (χ0) is 22.5. The van der Waals surface area contributed by atoms with Gasteiger partial charge in [0.1, 0.15) is 0 Å². The van der Waals surface area contributed by atoms with E-state index in [9.17, 15) is 14.7 Å². The molecule has 1 amide bonds. The molecule has 2 heterocycles. The number of carbonyl (C=O) groups excluding carboxylic acids is 1. The summed E-state index contributed by atoms with van der Waals surface area (Å²) in [6.07, 6.45) is 6.34. The minimum Gasteiger partial charge on any atom is -0.478 e. The maximum absolute atomic E-state index is 12.3. The molecule has 2 atom stereocenters. The lowest BCUT2D eigenvalue weighted by Gasteiger charge is -2.22. The van der Waals surface area contributed by atoms with E-state index in [0.29, 0.717) is 25.1 Å². The maximum atomic E-state index is 12.3. The predicted octanol–water partition coefficient (Wildman–Crippen LogP) is 3.20. The highest BCUT2D eigenvalue weighted by molar-refractivity contribution is 5.87. The largest absolute Gasteiger partial charge is 0.478 e. The van der Waals surface area contributed by atoms with Gasteiger partial charge in [0.05, 0.1) is 17.7 Å². The van der Waals surface area contributed by atoms with Crippen molar-refractivity contribution in [3.8, 4) is 11.5 Å². The summed E-state index contributed by atoms with van der Waals surface area (Å²) in [6.45, 7) is 0.854. The highest BCUT2D eigenvalue weighted by atomic mass is 16.7. The monoisotopic (exact) mass is 437 g/mol. The summed E-state index contributed by atoms with van der Waals surface area (Å²) in [7, 11) is 0. The van der Waals surface area contributed by atoms with Gasteiger partial charge in [-0.1, -0.05) is 30.4 Å². The molecule has 32 heavy (non-hydrogen) atoms. The minimum atomic E-state index is -0.936. The second-order valence-electron chi connectivity index (χ2n) is 8.14. The summed E-state index contributed by atoms with van der Waals surface area (Å²) >= 11 is 0. The Morgan fingerprint density at radius 2 is 1.88 bits per heavy atom. The second-order valence-corrected chi connectivity index (χ2v) is 8.14. The van der Waals surface area contributed by atoms with Crippen molar-refractivity contribution >= 4 is 11.9 Å². The van der Waals surface area contributed by atoms with E-state index in [4.69, 9.17) is 14.6 Å². The first-order valence-electron chi connectivity index (χ1n) is 10.9. The number of aliphatic hydroxyl groups is 1. The molecule has 1 unspecified atom stereocenters. The number of carboxylic acids is 1. The van der Waals surface area contributed by atoms with E-state index < -0.39 is 12.1 Å². The molecule has 168 valence electrons. The molecule has 0 bridgehead atoms. The number of amides is 1. The van der Waals surface area contributed by atoms with Gasteiger partial charge in [-0.3, -0.25) is 4.79 Å². The Balaban J connectivity index is 1.28. The molecule has 2 aliphatic heterocycles. The molecule has 2 N–H and O–H groups in total. The van der Waals surface area contributed by atoms with Crippen molar-refractivity contribution in [2.75, 3.05) is 13.3 Å². The fourth-order valence-electron chi connectivity index (χ4n) is 4.15. The minimum absolute atomic E-state index is 0.0108. The zero-order valence-corrected chi connectivity index (χ0v) is 17.8. The summed E-state index contributed by atoms with van der Waals surface area (Å²) in [5.41, 5.74) is 2.28. The summed E-state index contributed by atoms with van der Waals surface area (Å²) < 4.78 is 10.7. The number of ether oxygens (including phenoxy) is 2. The van der Waals surface area contributed by atoms with Crippen LogP contribution in [0.3, 0.4) is 0 Å². The first kappa shape index (κ1) is 21.9. The van der Waals surface area contributed by atoms with E-state index in [0.717, 1.165) is 36.1 Å². The number of carboxylic acid groups (broad SMARTS) is 1. The fourth-order valence-corrected chi connectivity index (χ4v) is 4.15. The molecule has 0 spiro atoms. The molecule has 4 rings (SSSR count). The molecule has 1 saturated heterocycles. The molecular formula is C25H27NO6. The Labute approximate surface area is 186 Å². The van der Waals surface area contributed by atoms with Crippen molar-refractivity contribution in [2.45, 2.75) is 44.2 Å². The van der Waals surface area contributed by atoms with Crippen molar-refractivity contribution in [2.24, 2.45) is 0 Å². The van der Waals surface area contributed by atoms with Crippen LogP contribution in [-0.4, -0.2) is 52.5 Å². The molecule has 1 fully saturated rings. The lowest BCUT2D eigenvalue weighted by molar-refractivity contribution is -0.128. The summed E-state index contributed by atoms with van der Waals surface area (Å²) in [5, 5.41) is 19.4. The number of nitrogens with zero attached hydrogens (tertiary/aromatic N) is 1. The van der Waals surface area contributed by atoms with Crippen LogP contribution < -0.4 is 9.47 Å². The molecule has 0 saturated carbocycles. The standard InChI is InChI=1S/C25H27NO6/c27-21(14-18-5-11-22-23(15-18)32-16-31-22)10-8-20-9-12-24(28)26(20)13-1-2-17-3-6-19(7-4-17)25(29)30/h3-8,10-11,15,20-21,27H,1-2,9,12-14,16H2,(H,29,30)/b10-8+/t20-,21?/m1/s1. The number of aromatic carboxylic acids is 1. The van der Waals surface area contributed by atoms with Crippen LogP contribution in [0.1, 0.15) is 40.7 Å². The number of aryl methyl sites for hydroxylation is 1. The molecule has 0 radical (unpaired) electrons. The van der Waals surface area contributed by atoms with E-state index in [1.165, 1.54) is 0 Å². The van der Waals surface area contributed by atoms with E-state index in [1.807, 2.05) is 41.3 Å². The van der Waals surface area contributed by atoms with Crippen molar-refractivity contribution < 1.29 is 29.3 Å². The van der Waals surface area contributed by atoms with E-state index in [1.54, 1.807) is 18.2 Å². The van der Waals surface area contributed by atoms with Crippen LogP contribution in [0.4, 0.5) is 0 Å². The third-order valence-corrected chi connectivity index (χ3v) is 5.88. The third kappa shape index (κ3) is 5.29. The Kier molecular flexibility index (Phi) is 6.75. The quantitative estimate of drug-likeness (QED) is 0.585. The number of aliphatic hydroxyl groups excluding tert-OH is 1. The van der Waals surface area contributed by atoms with Gasteiger partial charge >= 0.3 is 5.97 Å². The number of benzene rings is 2. The summed E-state index contributed by atoms with van der Waals surface area (Å²) in [5.74, 6) is 0.612. The van der Waals surface area contributed by atoms with Gasteiger partial charge in [-0.25, -0.2) is 4.79 Å². The normalized spacial score (nSPS) is 18.5. The van der Waals surface area contributed by atoms with Crippen LogP contribution in [0.5, 0.6) is 11.5 Å². The first-order valence-corrected chi connectivity index (χ1v) is 10.9. The van der Waals surface area contributed by atoms with Crippen molar-refractivity contribution in [1.29, 1.82) is 0 Å². The molecular weight excluding hydrogens is 410 g/mol. The number of fused-ring (bicyclic) bond motifs is 1. The van der Waals surface area contributed by atoms with Gasteiger partial charge in [-0.15, -0.1) is 0 Å². The highest BCUT2D eigenvalue weighted by Gasteiger charge is 2.28. The topological polar surface area (TPSA) is 96.3 Å². The zero-order valence-electron chi connectivity index (χ0n) is 17.8. The second kappa shape index (κ2) is 9.87. The van der Waals surface area contributed by atoms with Crippen LogP contribution in [0, 0.1) is 0 Å². The number of rotatable bonds is 9. The maximum Gasteiger partial charge on any atom is 0.335 e. The number of hydrogen-bond acceptors (Lipinski definition) is 5. The molecule has 2 aromatic rings. The lowest BCUT2D eigenvalue weighted by Crippen LogP contribution is -2.33. The van der Waals surface area contributed by atoms with Gasteiger partial charge in [0, 0.05) is 19.4 Å². The molecule has 7 heteroatoms. The van der Waals surface area contributed by atoms with Crippen LogP contribution in [0.15, 0.2) is 54.6 Å². The van der Waals surface area contributed by atoms with Gasteiger partial charge in [-0.05, 0) is 54.7 Å². The fraction of sp³-hybridized carbons (Fsp3) is 0.360. The SMILES string of the molecule is O=C(O)c1ccc(CCCN2C(=O)CC[C@H]2/C=C/C(O)Cc2ccc3c(c2)OCO3)cc1. The number of hydrogen-bond donors (Lipinski definition) is 2. The molecule has 0 aliphatic carbocycles. The van der Waals surface area contributed by atoms with Gasteiger partial charge in [0.15, 0.2) is 11.5 Å². The lowest BCUT2D eigenvalue weighted by atomic mass is 10.1. The van der Waals surface area contributed by atoms with Crippen LogP contribution in [0.2, 0.25) is 0 Å². The Bertz CT molecular complexity index is 1000. The van der Waals surface area contributed by atoms with Crippen molar-refractivity contribution in [3.05, 3.63) is 71.3 Å². The Hall–Kier alpha value is -3.32. The van der Waals surface area contributed by atoms with Crippen molar-refractivity contribution in [3.63, 3.8) is 0 Å². The van der Waals surface area contributed by atoms with Gasteiger partial charge in [0.25, 0.3) is 0 Å². The molecule has 0 aromatic heterocycles. The van der Waals surface area contributed by atoms with Crippen LogP contribution >= 0.6 is 0 Å². The summed E-state index contributed by atoms with van der Waals surface area (Å²) in [6, 6.07) is 12.5. The number of likely N-dealkylation sites (tertiary alicyclic amines) is 1.